The van der Waals surface area contributed by atoms with Gasteiger partial charge in [0.15, 0.2) is 0 Å². The van der Waals surface area contributed by atoms with Crippen molar-refractivity contribution < 1.29 is 9.90 Å². The fourth-order valence-corrected chi connectivity index (χ4v) is 1.24. The van der Waals surface area contributed by atoms with Crippen molar-refractivity contribution in [1.82, 2.24) is 14.8 Å². The van der Waals surface area contributed by atoms with Crippen molar-refractivity contribution >= 4 is 5.97 Å². The van der Waals surface area contributed by atoms with Crippen molar-refractivity contribution in [3.63, 3.8) is 0 Å². The highest BCUT2D eigenvalue weighted by atomic mass is 16.4. The van der Waals surface area contributed by atoms with Crippen LogP contribution in [0.4, 0.5) is 0 Å². The highest BCUT2D eigenvalue weighted by Crippen LogP contribution is 2.00. The second kappa shape index (κ2) is 4.94. The van der Waals surface area contributed by atoms with Crippen LogP contribution < -0.4 is 0 Å². The van der Waals surface area contributed by atoms with Crippen LogP contribution >= 0.6 is 0 Å². The van der Waals surface area contributed by atoms with Crippen LogP contribution in [0, 0.1) is 11.8 Å². The van der Waals surface area contributed by atoms with Gasteiger partial charge in [-0.1, -0.05) is 11.8 Å². The molecule has 2 heterocycles. The van der Waals surface area contributed by atoms with Crippen molar-refractivity contribution in [2.75, 3.05) is 0 Å². The van der Waals surface area contributed by atoms with Crippen molar-refractivity contribution in [2.45, 2.75) is 6.54 Å². The molecule has 0 aliphatic rings. The van der Waals surface area contributed by atoms with Crippen LogP contribution in [-0.2, 0) is 6.54 Å². The molecule has 2 rings (SSSR count). The van der Waals surface area contributed by atoms with E-state index >= 15 is 0 Å². The van der Waals surface area contributed by atoms with Gasteiger partial charge >= 0.3 is 5.97 Å². The highest BCUT2D eigenvalue weighted by molar-refractivity contribution is 5.87. The predicted octanol–water partition coefficient (Wildman–Crippen LogP) is 1.03. The van der Waals surface area contributed by atoms with Gasteiger partial charge in [-0.05, 0) is 12.1 Å². The Morgan fingerprint density at radius 2 is 2.35 bits per heavy atom. The minimum absolute atomic E-state index is 0.135. The monoisotopic (exact) mass is 227 g/mol. The van der Waals surface area contributed by atoms with E-state index in [1.54, 1.807) is 17.1 Å². The maximum atomic E-state index is 10.7. The minimum atomic E-state index is -1.01. The lowest BCUT2D eigenvalue weighted by Gasteiger charge is -1.94. The SMILES string of the molecule is O=C(O)c1cncc(C#CCn2cccn2)c1. The zero-order valence-corrected chi connectivity index (χ0v) is 8.87. The summed E-state index contributed by atoms with van der Waals surface area (Å²) in [7, 11) is 0. The molecule has 5 nitrogen and oxygen atoms in total. The van der Waals surface area contributed by atoms with Crippen molar-refractivity contribution in [3.8, 4) is 11.8 Å². The second-order valence-corrected chi connectivity index (χ2v) is 3.27. The van der Waals surface area contributed by atoms with Crippen LogP contribution in [0.3, 0.4) is 0 Å². The van der Waals surface area contributed by atoms with Gasteiger partial charge in [-0.3, -0.25) is 9.67 Å². The number of carboxylic acid groups (broad SMARTS) is 1. The minimum Gasteiger partial charge on any atom is -0.478 e. The van der Waals surface area contributed by atoms with E-state index in [0.717, 1.165) is 0 Å². The lowest BCUT2D eigenvalue weighted by Crippen LogP contribution is -1.98. The van der Waals surface area contributed by atoms with Gasteiger partial charge in [0, 0.05) is 30.4 Å². The summed E-state index contributed by atoms with van der Waals surface area (Å²) >= 11 is 0. The standard InChI is InChI=1S/C12H9N3O2/c16-12(17)11-7-10(8-13-9-11)3-1-5-15-6-2-4-14-15/h2,4,6-9H,5H2,(H,16,17). The molecule has 0 aliphatic heterocycles. The van der Waals surface area contributed by atoms with Crippen LogP contribution in [0.15, 0.2) is 36.9 Å². The Morgan fingerprint density at radius 1 is 1.47 bits per heavy atom. The largest absolute Gasteiger partial charge is 0.478 e. The van der Waals surface area contributed by atoms with E-state index in [9.17, 15) is 4.79 Å². The van der Waals surface area contributed by atoms with E-state index in [1.165, 1.54) is 18.5 Å². The van der Waals surface area contributed by atoms with E-state index in [1.807, 2.05) is 6.07 Å². The quantitative estimate of drug-likeness (QED) is 0.778. The molecule has 0 aliphatic carbocycles. The Morgan fingerprint density at radius 3 is 3.06 bits per heavy atom. The van der Waals surface area contributed by atoms with Gasteiger partial charge in [0.1, 0.15) is 6.54 Å². The number of hydrogen-bond donors (Lipinski definition) is 1. The Hall–Kier alpha value is -2.61. The summed E-state index contributed by atoms with van der Waals surface area (Å²) in [6.07, 6.45) is 6.30. The molecule has 0 bridgehead atoms. The zero-order chi connectivity index (χ0) is 12.1. The number of carbonyl (C=O) groups is 1. The number of aromatic carboxylic acids is 1. The molecule has 5 heteroatoms. The number of nitrogens with zero attached hydrogens (tertiary/aromatic N) is 3. The summed E-state index contributed by atoms with van der Waals surface area (Å²) in [5.41, 5.74) is 0.716. The maximum absolute atomic E-state index is 10.7. The Labute approximate surface area is 97.7 Å². The summed E-state index contributed by atoms with van der Waals surface area (Å²) < 4.78 is 1.68. The third kappa shape index (κ3) is 2.92. The molecule has 0 aromatic carbocycles. The number of pyridine rings is 1. The van der Waals surface area contributed by atoms with E-state index in [-0.39, 0.29) is 5.56 Å². The fourth-order valence-electron chi connectivity index (χ4n) is 1.24. The molecule has 0 unspecified atom stereocenters. The molecule has 0 amide bonds. The van der Waals surface area contributed by atoms with Crippen LogP contribution in [0.1, 0.15) is 15.9 Å². The molecule has 0 radical (unpaired) electrons. The van der Waals surface area contributed by atoms with Crippen LogP contribution in [0.2, 0.25) is 0 Å². The Bertz CT molecular complexity index is 579. The number of rotatable bonds is 2. The zero-order valence-electron chi connectivity index (χ0n) is 8.87. The third-order valence-corrected chi connectivity index (χ3v) is 2.02. The molecule has 2 aromatic rings. The maximum Gasteiger partial charge on any atom is 0.337 e. The first kappa shape index (κ1) is 10.9. The first-order chi connectivity index (χ1) is 8.25. The molecular formula is C12H9N3O2. The summed E-state index contributed by atoms with van der Waals surface area (Å²) in [5.74, 6) is 4.72. The summed E-state index contributed by atoms with van der Waals surface area (Å²) in [6, 6.07) is 3.31. The first-order valence-corrected chi connectivity index (χ1v) is 4.90. The summed E-state index contributed by atoms with van der Waals surface area (Å²) in [4.78, 5) is 14.5. The summed E-state index contributed by atoms with van der Waals surface area (Å²) in [6.45, 7) is 0.463. The molecule has 17 heavy (non-hydrogen) atoms. The van der Waals surface area contributed by atoms with Gasteiger partial charge in [0.2, 0.25) is 0 Å². The molecule has 0 saturated carbocycles. The lowest BCUT2D eigenvalue weighted by molar-refractivity contribution is 0.0696. The van der Waals surface area contributed by atoms with E-state index in [2.05, 4.69) is 21.9 Å². The Kier molecular flexibility index (Phi) is 3.17. The van der Waals surface area contributed by atoms with E-state index in [0.29, 0.717) is 12.1 Å². The average Bonchev–Trinajstić information content (AvgIpc) is 2.82. The van der Waals surface area contributed by atoms with E-state index < -0.39 is 5.97 Å². The van der Waals surface area contributed by atoms with Gasteiger partial charge in [0.25, 0.3) is 0 Å². The normalized spacial score (nSPS) is 9.41. The van der Waals surface area contributed by atoms with E-state index in [4.69, 9.17) is 5.11 Å². The molecule has 1 N–H and O–H groups in total. The average molecular weight is 227 g/mol. The van der Waals surface area contributed by atoms with Gasteiger partial charge in [-0.25, -0.2) is 4.79 Å². The van der Waals surface area contributed by atoms with Gasteiger partial charge < -0.3 is 5.11 Å². The second-order valence-electron chi connectivity index (χ2n) is 3.27. The van der Waals surface area contributed by atoms with Crippen molar-refractivity contribution in [2.24, 2.45) is 0 Å². The molecule has 0 saturated heterocycles. The predicted molar refractivity (Wildman–Crippen MR) is 60.3 cm³/mol. The number of hydrogen-bond acceptors (Lipinski definition) is 3. The topological polar surface area (TPSA) is 68.0 Å². The van der Waals surface area contributed by atoms with Crippen LogP contribution in [0.5, 0.6) is 0 Å². The first-order valence-electron chi connectivity index (χ1n) is 4.90. The number of aromatic nitrogens is 3. The van der Waals surface area contributed by atoms with Gasteiger partial charge in [0.05, 0.1) is 5.56 Å². The summed E-state index contributed by atoms with van der Waals surface area (Å²) in [5, 5.41) is 12.8. The molecule has 0 fully saturated rings. The molecule has 0 atom stereocenters. The van der Waals surface area contributed by atoms with Crippen molar-refractivity contribution in [1.29, 1.82) is 0 Å². The Balaban J connectivity index is 2.11. The van der Waals surface area contributed by atoms with Crippen LogP contribution in [-0.4, -0.2) is 25.8 Å². The molecule has 0 spiro atoms. The third-order valence-electron chi connectivity index (χ3n) is 2.02. The fraction of sp³-hybridized carbons (Fsp3) is 0.0833. The highest BCUT2D eigenvalue weighted by Gasteiger charge is 2.02. The molecular weight excluding hydrogens is 218 g/mol. The van der Waals surface area contributed by atoms with Crippen molar-refractivity contribution in [3.05, 3.63) is 48.0 Å². The number of carboxylic acids is 1. The molecule has 84 valence electrons. The molecule has 2 aromatic heterocycles. The lowest BCUT2D eigenvalue weighted by atomic mass is 10.2. The van der Waals surface area contributed by atoms with Crippen LogP contribution in [0.25, 0.3) is 0 Å². The van der Waals surface area contributed by atoms with Gasteiger partial charge in [-0.2, -0.15) is 5.10 Å². The van der Waals surface area contributed by atoms with Gasteiger partial charge in [-0.15, -0.1) is 0 Å². The smallest absolute Gasteiger partial charge is 0.337 e.